The highest BCUT2D eigenvalue weighted by atomic mass is 32.1. The smallest absolute Gasteiger partial charge is 0.00945 e. The van der Waals surface area contributed by atoms with Gasteiger partial charge in [0.2, 0.25) is 0 Å². The third-order valence-electron chi connectivity index (χ3n) is 1.00. The largest absolute Gasteiger partial charge is 0.147 e. The van der Waals surface area contributed by atoms with Crippen molar-refractivity contribution in [1.29, 1.82) is 0 Å². The van der Waals surface area contributed by atoms with E-state index in [9.17, 15) is 0 Å². The third-order valence-corrected chi connectivity index (χ3v) is 2.35. The Morgan fingerprint density at radius 3 is 1.38 bits per heavy atom. The SMILES string of the molecule is CC/C(S)=C(/S)CC. The molecular formula is C6H12S2. The molecule has 8 heavy (non-hydrogen) atoms. The van der Waals surface area contributed by atoms with Crippen LogP contribution in [0.1, 0.15) is 26.7 Å². The van der Waals surface area contributed by atoms with Gasteiger partial charge >= 0.3 is 0 Å². The summed E-state index contributed by atoms with van der Waals surface area (Å²) in [6.45, 7) is 4.16. The average molecular weight is 148 g/mol. The minimum Gasteiger partial charge on any atom is -0.147 e. The van der Waals surface area contributed by atoms with Crippen LogP contribution in [0.25, 0.3) is 0 Å². The fourth-order valence-corrected chi connectivity index (χ4v) is 0.724. The average Bonchev–Trinajstić information content (AvgIpc) is 1.84. The lowest BCUT2D eigenvalue weighted by molar-refractivity contribution is 1.12. The Morgan fingerprint density at radius 1 is 1.00 bits per heavy atom. The van der Waals surface area contributed by atoms with E-state index in [2.05, 4.69) is 39.1 Å². The second-order valence-electron chi connectivity index (χ2n) is 1.60. The second-order valence-corrected chi connectivity index (χ2v) is 2.68. The van der Waals surface area contributed by atoms with E-state index >= 15 is 0 Å². The fourth-order valence-electron chi connectivity index (χ4n) is 0.408. The topological polar surface area (TPSA) is 0 Å². The Bertz CT molecular complexity index is 82.7. The van der Waals surface area contributed by atoms with E-state index in [0.29, 0.717) is 0 Å². The maximum atomic E-state index is 4.21. The molecule has 0 radical (unpaired) electrons. The first-order valence-corrected chi connectivity index (χ1v) is 3.71. The number of allylic oxidation sites excluding steroid dienone is 2. The lowest BCUT2D eigenvalue weighted by Crippen LogP contribution is -1.72. The summed E-state index contributed by atoms with van der Waals surface area (Å²) in [4.78, 5) is 2.21. The first kappa shape index (κ1) is 8.44. The van der Waals surface area contributed by atoms with Gasteiger partial charge in [-0.1, -0.05) is 13.8 Å². The summed E-state index contributed by atoms with van der Waals surface area (Å²) in [7, 11) is 0. The molecule has 0 heterocycles. The summed E-state index contributed by atoms with van der Waals surface area (Å²) in [5.41, 5.74) is 0. The van der Waals surface area contributed by atoms with Gasteiger partial charge < -0.3 is 0 Å². The molecule has 2 heteroatoms. The highest BCUT2D eigenvalue weighted by Gasteiger charge is 1.90. The van der Waals surface area contributed by atoms with E-state index in [1.165, 1.54) is 0 Å². The zero-order chi connectivity index (χ0) is 6.57. The molecule has 0 aliphatic heterocycles. The molecule has 0 N–H and O–H groups in total. The Morgan fingerprint density at radius 2 is 1.25 bits per heavy atom. The monoisotopic (exact) mass is 148 g/mol. The van der Waals surface area contributed by atoms with Crippen molar-refractivity contribution in [3.05, 3.63) is 9.81 Å². The van der Waals surface area contributed by atoms with Crippen molar-refractivity contribution >= 4 is 25.3 Å². The van der Waals surface area contributed by atoms with Gasteiger partial charge in [-0.3, -0.25) is 0 Å². The molecule has 0 aliphatic rings. The lowest BCUT2D eigenvalue weighted by atomic mass is 10.3. The van der Waals surface area contributed by atoms with E-state index in [4.69, 9.17) is 0 Å². The van der Waals surface area contributed by atoms with Gasteiger partial charge in [0.15, 0.2) is 0 Å². The zero-order valence-electron chi connectivity index (χ0n) is 5.31. The van der Waals surface area contributed by atoms with Crippen molar-refractivity contribution in [1.82, 2.24) is 0 Å². The highest BCUT2D eigenvalue weighted by Crippen LogP contribution is 2.17. The lowest BCUT2D eigenvalue weighted by Gasteiger charge is -1.97. The molecule has 0 saturated carbocycles. The van der Waals surface area contributed by atoms with Gasteiger partial charge in [-0.2, -0.15) is 0 Å². The normalized spacial score (nSPS) is 13.5. The molecule has 0 bridgehead atoms. The minimum absolute atomic E-state index is 0.996. The number of thiol groups is 2. The molecule has 0 nitrogen and oxygen atoms in total. The summed E-state index contributed by atoms with van der Waals surface area (Å²) in [5.74, 6) is 0. The van der Waals surface area contributed by atoms with E-state index in [0.717, 1.165) is 22.7 Å². The first-order valence-electron chi connectivity index (χ1n) is 2.82. The van der Waals surface area contributed by atoms with E-state index in [1.807, 2.05) is 0 Å². The molecule has 0 atom stereocenters. The van der Waals surface area contributed by atoms with Crippen molar-refractivity contribution in [2.45, 2.75) is 26.7 Å². The number of hydrogen-bond acceptors (Lipinski definition) is 2. The molecule has 0 unspecified atom stereocenters. The summed E-state index contributed by atoms with van der Waals surface area (Å²) in [6.07, 6.45) is 1.99. The van der Waals surface area contributed by atoms with Crippen molar-refractivity contribution < 1.29 is 0 Å². The highest BCUT2D eigenvalue weighted by molar-refractivity contribution is 7.88. The zero-order valence-corrected chi connectivity index (χ0v) is 7.10. The van der Waals surface area contributed by atoms with Crippen molar-refractivity contribution in [2.75, 3.05) is 0 Å². The van der Waals surface area contributed by atoms with Crippen LogP contribution in [0.2, 0.25) is 0 Å². The summed E-state index contributed by atoms with van der Waals surface area (Å²) in [5, 5.41) is 0. The third kappa shape index (κ3) is 2.68. The van der Waals surface area contributed by atoms with Crippen LogP contribution in [0.4, 0.5) is 0 Å². The predicted molar refractivity (Wildman–Crippen MR) is 45.6 cm³/mol. The minimum atomic E-state index is 0.996. The van der Waals surface area contributed by atoms with Gasteiger partial charge in [-0.05, 0) is 22.7 Å². The van der Waals surface area contributed by atoms with Gasteiger partial charge in [0, 0.05) is 0 Å². The Hall–Kier alpha value is 0.440. The van der Waals surface area contributed by atoms with Crippen LogP contribution in [-0.2, 0) is 0 Å². The van der Waals surface area contributed by atoms with Gasteiger partial charge in [0.1, 0.15) is 0 Å². The number of hydrogen-bond donors (Lipinski definition) is 2. The van der Waals surface area contributed by atoms with Crippen molar-refractivity contribution in [3.63, 3.8) is 0 Å². The molecule has 0 aliphatic carbocycles. The van der Waals surface area contributed by atoms with Gasteiger partial charge in [0.25, 0.3) is 0 Å². The van der Waals surface area contributed by atoms with Gasteiger partial charge in [-0.25, -0.2) is 0 Å². The molecule has 0 rings (SSSR count). The quantitative estimate of drug-likeness (QED) is 0.553. The maximum Gasteiger partial charge on any atom is -0.00945 e. The van der Waals surface area contributed by atoms with E-state index < -0.39 is 0 Å². The molecule has 0 spiro atoms. The predicted octanol–water partition coefficient (Wildman–Crippen LogP) is 2.88. The van der Waals surface area contributed by atoms with Crippen LogP contribution < -0.4 is 0 Å². The first-order chi connectivity index (χ1) is 3.72. The summed E-state index contributed by atoms with van der Waals surface area (Å²) >= 11 is 8.42. The van der Waals surface area contributed by atoms with Gasteiger partial charge in [-0.15, -0.1) is 25.3 Å². The molecule has 0 aromatic heterocycles. The van der Waals surface area contributed by atoms with Crippen LogP contribution in [-0.4, -0.2) is 0 Å². The van der Waals surface area contributed by atoms with E-state index in [1.54, 1.807) is 0 Å². The van der Waals surface area contributed by atoms with Crippen LogP contribution in [0, 0.1) is 0 Å². The summed E-state index contributed by atoms with van der Waals surface area (Å²) < 4.78 is 0. The molecule has 0 amide bonds. The molecule has 0 fully saturated rings. The molecule has 0 aromatic carbocycles. The van der Waals surface area contributed by atoms with Crippen molar-refractivity contribution in [2.24, 2.45) is 0 Å². The second kappa shape index (κ2) is 4.33. The van der Waals surface area contributed by atoms with Crippen molar-refractivity contribution in [3.8, 4) is 0 Å². The Kier molecular flexibility index (Phi) is 4.57. The summed E-state index contributed by atoms with van der Waals surface area (Å²) in [6, 6.07) is 0. The van der Waals surface area contributed by atoms with E-state index in [-0.39, 0.29) is 0 Å². The van der Waals surface area contributed by atoms with Crippen LogP contribution >= 0.6 is 25.3 Å². The number of rotatable bonds is 2. The molecular weight excluding hydrogens is 136 g/mol. The Labute approximate surface area is 62.2 Å². The van der Waals surface area contributed by atoms with Crippen LogP contribution in [0.3, 0.4) is 0 Å². The van der Waals surface area contributed by atoms with Crippen LogP contribution in [0.5, 0.6) is 0 Å². The van der Waals surface area contributed by atoms with Crippen LogP contribution in [0.15, 0.2) is 9.81 Å². The standard InChI is InChI=1S/C6H12S2/c1-3-5(7)6(8)4-2/h7-8H,3-4H2,1-2H3/b6-5-. The molecule has 48 valence electrons. The van der Waals surface area contributed by atoms with Gasteiger partial charge in [0.05, 0.1) is 0 Å². The fraction of sp³-hybridized carbons (Fsp3) is 0.667. The maximum absolute atomic E-state index is 4.21. The Balaban J connectivity index is 3.83. The molecule has 0 saturated heterocycles. The molecule has 0 aromatic rings.